The van der Waals surface area contributed by atoms with Crippen LogP contribution in [0, 0.1) is 0 Å². The van der Waals surface area contributed by atoms with Crippen LogP contribution >= 0.6 is 0 Å². The van der Waals surface area contributed by atoms with Crippen molar-refractivity contribution in [2.75, 3.05) is 0 Å². The van der Waals surface area contributed by atoms with Gasteiger partial charge in [-0.05, 0) is 12.1 Å². The Kier molecular flexibility index (Phi) is 3.10. The SMILES string of the molecule is C=CCC(=O)Cc1ccc2ccccc2n1. The minimum absolute atomic E-state index is 0.151. The molecule has 1 aromatic carbocycles. The highest BCUT2D eigenvalue weighted by atomic mass is 16.1. The fourth-order valence-corrected chi connectivity index (χ4v) is 1.64. The molecule has 0 unspecified atom stereocenters. The lowest BCUT2D eigenvalue weighted by atomic mass is 10.1. The van der Waals surface area contributed by atoms with Gasteiger partial charge in [-0.15, -0.1) is 6.58 Å². The van der Waals surface area contributed by atoms with Gasteiger partial charge in [0.05, 0.1) is 5.52 Å². The van der Waals surface area contributed by atoms with Crippen LogP contribution in [0.25, 0.3) is 10.9 Å². The first kappa shape index (κ1) is 10.6. The van der Waals surface area contributed by atoms with E-state index in [1.807, 2.05) is 36.4 Å². The van der Waals surface area contributed by atoms with Crippen molar-refractivity contribution in [3.63, 3.8) is 0 Å². The molecule has 0 aliphatic rings. The number of carbonyl (C=O) groups is 1. The molecule has 0 saturated heterocycles. The molecule has 0 fully saturated rings. The summed E-state index contributed by atoms with van der Waals surface area (Å²) in [5, 5.41) is 1.10. The lowest BCUT2D eigenvalue weighted by Crippen LogP contribution is -2.02. The Hall–Kier alpha value is -1.96. The van der Waals surface area contributed by atoms with E-state index in [0.29, 0.717) is 12.8 Å². The fraction of sp³-hybridized carbons (Fsp3) is 0.143. The van der Waals surface area contributed by atoms with E-state index in [4.69, 9.17) is 0 Å². The van der Waals surface area contributed by atoms with E-state index in [0.717, 1.165) is 16.6 Å². The van der Waals surface area contributed by atoms with Crippen molar-refractivity contribution in [1.29, 1.82) is 0 Å². The van der Waals surface area contributed by atoms with Crippen molar-refractivity contribution in [3.05, 3.63) is 54.7 Å². The number of ketones is 1. The molecule has 0 radical (unpaired) electrons. The van der Waals surface area contributed by atoms with Gasteiger partial charge in [0.1, 0.15) is 5.78 Å². The van der Waals surface area contributed by atoms with Crippen LogP contribution in [0.4, 0.5) is 0 Å². The summed E-state index contributed by atoms with van der Waals surface area (Å²) in [6, 6.07) is 11.8. The van der Waals surface area contributed by atoms with Crippen LogP contribution in [-0.2, 0) is 11.2 Å². The molecule has 2 nitrogen and oxygen atoms in total. The number of fused-ring (bicyclic) bond motifs is 1. The number of nitrogens with zero attached hydrogens (tertiary/aromatic N) is 1. The summed E-state index contributed by atoms with van der Waals surface area (Å²) in [4.78, 5) is 15.9. The van der Waals surface area contributed by atoms with Crippen LogP contribution in [0.2, 0.25) is 0 Å². The van der Waals surface area contributed by atoms with Crippen molar-refractivity contribution in [3.8, 4) is 0 Å². The molecule has 1 aromatic heterocycles. The number of Topliss-reactive ketones (excluding diaryl/α,β-unsaturated/α-hetero) is 1. The second kappa shape index (κ2) is 4.71. The van der Waals surface area contributed by atoms with E-state index < -0.39 is 0 Å². The molecule has 1 heterocycles. The van der Waals surface area contributed by atoms with Gasteiger partial charge in [0.15, 0.2) is 0 Å². The highest BCUT2D eigenvalue weighted by molar-refractivity contribution is 5.83. The summed E-state index contributed by atoms with van der Waals surface area (Å²) in [5.41, 5.74) is 1.76. The molecule has 0 aliphatic carbocycles. The summed E-state index contributed by atoms with van der Waals surface area (Å²) >= 11 is 0. The van der Waals surface area contributed by atoms with Crippen molar-refractivity contribution < 1.29 is 4.79 Å². The number of pyridine rings is 1. The molecule has 16 heavy (non-hydrogen) atoms. The number of hydrogen-bond acceptors (Lipinski definition) is 2. The van der Waals surface area contributed by atoms with E-state index in [2.05, 4.69) is 11.6 Å². The maximum absolute atomic E-state index is 11.4. The van der Waals surface area contributed by atoms with E-state index in [1.54, 1.807) is 6.08 Å². The number of para-hydroxylation sites is 1. The fourth-order valence-electron chi connectivity index (χ4n) is 1.64. The maximum Gasteiger partial charge on any atom is 0.142 e. The third kappa shape index (κ3) is 2.34. The van der Waals surface area contributed by atoms with Crippen LogP contribution < -0.4 is 0 Å². The predicted molar refractivity (Wildman–Crippen MR) is 65.3 cm³/mol. The number of hydrogen-bond donors (Lipinski definition) is 0. The molecule has 0 atom stereocenters. The quantitative estimate of drug-likeness (QED) is 0.728. The monoisotopic (exact) mass is 211 g/mol. The highest BCUT2D eigenvalue weighted by Gasteiger charge is 2.03. The minimum Gasteiger partial charge on any atom is -0.299 e. The van der Waals surface area contributed by atoms with Crippen LogP contribution in [0.1, 0.15) is 12.1 Å². The molecule has 0 aliphatic heterocycles. The zero-order valence-electron chi connectivity index (χ0n) is 9.02. The van der Waals surface area contributed by atoms with Gasteiger partial charge < -0.3 is 0 Å². The molecule has 2 aromatic rings. The second-order valence-electron chi connectivity index (χ2n) is 3.70. The number of allylic oxidation sites excluding steroid dienone is 1. The van der Waals surface area contributed by atoms with Crippen LogP contribution in [-0.4, -0.2) is 10.8 Å². The Morgan fingerprint density at radius 1 is 1.25 bits per heavy atom. The van der Waals surface area contributed by atoms with Gasteiger partial charge in [-0.3, -0.25) is 9.78 Å². The molecule has 0 spiro atoms. The first-order valence-electron chi connectivity index (χ1n) is 5.27. The van der Waals surface area contributed by atoms with Gasteiger partial charge in [-0.25, -0.2) is 0 Å². The first-order valence-corrected chi connectivity index (χ1v) is 5.27. The summed E-state index contributed by atoms with van der Waals surface area (Å²) < 4.78 is 0. The maximum atomic E-state index is 11.4. The predicted octanol–water partition coefficient (Wildman–Crippen LogP) is 2.92. The normalized spacial score (nSPS) is 10.2. The minimum atomic E-state index is 0.151. The zero-order valence-corrected chi connectivity index (χ0v) is 9.02. The molecule has 0 bridgehead atoms. The molecule has 2 heteroatoms. The standard InChI is InChI=1S/C14H13NO/c1-2-5-13(16)10-12-9-8-11-6-3-4-7-14(11)15-12/h2-4,6-9H,1,5,10H2. The van der Waals surface area contributed by atoms with Crippen molar-refractivity contribution in [2.45, 2.75) is 12.8 Å². The largest absolute Gasteiger partial charge is 0.299 e. The van der Waals surface area contributed by atoms with Gasteiger partial charge in [0.2, 0.25) is 0 Å². The smallest absolute Gasteiger partial charge is 0.142 e. The summed E-state index contributed by atoms with van der Waals surface area (Å²) in [5.74, 6) is 0.151. The Morgan fingerprint density at radius 3 is 2.88 bits per heavy atom. The zero-order chi connectivity index (χ0) is 11.4. The Balaban J connectivity index is 2.25. The molecule has 2 rings (SSSR count). The first-order chi connectivity index (χ1) is 7.79. The molecule has 0 saturated carbocycles. The van der Waals surface area contributed by atoms with E-state index in [1.165, 1.54) is 0 Å². The molecular formula is C14H13NO. The number of benzene rings is 1. The van der Waals surface area contributed by atoms with Gasteiger partial charge >= 0.3 is 0 Å². The Labute approximate surface area is 94.6 Å². The van der Waals surface area contributed by atoms with E-state index in [-0.39, 0.29) is 5.78 Å². The Bertz CT molecular complexity index is 531. The lowest BCUT2D eigenvalue weighted by molar-refractivity contribution is -0.117. The van der Waals surface area contributed by atoms with E-state index >= 15 is 0 Å². The lowest BCUT2D eigenvalue weighted by Gasteiger charge is -2.01. The van der Waals surface area contributed by atoms with E-state index in [9.17, 15) is 4.79 Å². The van der Waals surface area contributed by atoms with Gasteiger partial charge in [-0.1, -0.05) is 30.3 Å². The van der Waals surface area contributed by atoms with Crippen molar-refractivity contribution in [2.24, 2.45) is 0 Å². The van der Waals surface area contributed by atoms with Crippen LogP contribution in [0.5, 0.6) is 0 Å². The van der Waals surface area contributed by atoms with Gasteiger partial charge in [0, 0.05) is 23.9 Å². The average molecular weight is 211 g/mol. The number of carbonyl (C=O) groups excluding carboxylic acids is 1. The van der Waals surface area contributed by atoms with Gasteiger partial charge in [-0.2, -0.15) is 0 Å². The summed E-state index contributed by atoms with van der Waals surface area (Å²) in [7, 11) is 0. The number of rotatable bonds is 4. The number of aromatic nitrogens is 1. The summed E-state index contributed by atoms with van der Waals surface area (Å²) in [6.07, 6.45) is 2.43. The molecule has 0 N–H and O–H groups in total. The topological polar surface area (TPSA) is 30.0 Å². The Morgan fingerprint density at radius 2 is 2.06 bits per heavy atom. The van der Waals surface area contributed by atoms with Crippen molar-refractivity contribution in [1.82, 2.24) is 4.98 Å². The third-order valence-corrected chi connectivity index (χ3v) is 2.41. The van der Waals surface area contributed by atoms with Crippen LogP contribution in [0.15, 0.2) is 49.1 Å². The molecule has 0 amide bonds. The second-order valence-corrected chi connectivity index (χ2v) is 3.70. The highest BCUT2D eigenvalue weighted by Crippen LogP contribution is 2.12. The van der Waals surface area contributed by atoms with Crippen LogP contribution in [0.3, 0.4) is 0 Å². The molecule has 80 valence electrons. The summed E-state index contributed by atoms with van der Waals surface area (Å²) in [6.45, 7) is 3.55. The van der Waals surface area contributed by atoms with Gasteiger partial charge in [0.25, 0.3) is 0 Å². The average Bonchev–Trinajstić information content (AvgIpc) is 2.29. The van der Waals surface area contributed by atoms with Crippen molar-refractivity contribution >= 4 is 16.7 Å². The third-order valence-electron chi connectivity index (χ3n) is 2.41. The molecular weight excluding hydrogens is 198 g/mol.